The van der Waals surface area contributed by atoms with Gasteiger partial charge in [-0.3, -0.25) is 4.79 Å². The van der Waals surface area contributed by atoms with Crippen LogP contribution in [-0.2, 0) is 0 Å². The minimum Gasteiger partial charge on any atom is -0.384 e. The molecule has 20 heavy (non-hydrogen) atoms. The lowest BCUT2D eigenvalue weighted by molar-refractivity contribution is 0.0952. The Kier molecular flexibility index (Phi) is 4.53. The number of rotatable bonds is 5. The van der Waals surface area contributed by atoms with Gasteiger partial charge in [0.05, 0.1) is 11.1 Å². The first-order valence-electron chi connectivity index (χ1n) is 6.74. The average Bonchev–Trinajstić information content (AvgIpc) is 2.45. The molecule has 0 atom stereocenters. The Labute approximate surface area is 118 Å². The molecule has 1 aromatic carbocycles. The summed E-state index contributed by atoms with van der Waals surface area (Å²) in [6.45, 7) is 4.47. The van der Waals surface area contributed by atoms with Crippen molar-refractivity contribution in [2.45, 2.75) is 6.92 Å². The summed E-state index contributed by atoms with van der Waals surface area (Å²) in [6, 6.07) is 9.14. The van der Waals surface area contributed by atoms with E-state index in [0.29, 0.717) is 17.9 Å². The van der Waals surface area contributed by atoms with Gasteiger partial charge < -0.3 is 16.0 Å². The third-order valence-electron chi connectivity index (χ3n) is 3.30. The zero-order chi connectivity index (χ0) is 14.5. The van der Waals surface area contributed by atoms with Gasteiger partial charge in [0.15, 0.2) is 0 Å². The number of para-hydroxylation sites is 1. The van der Waals surface area contributed by atoms with Crippen LogP contribution < -0.4 is 11.1 Å². The summed E-state index contributed by atoms with van der Waals surface area (Å²) in [6.07, 6.45) is 0. The molecule has 1 amide bonds. The highest BCUT2D eigenvalue weighted by Gasteiger charge is 2.11. The molecule has 2 aromatic rings. The van der Waals surface area contributed by atoms with E-state index in [1.165, 1.54) is 0 Å². The van der Waals surface area contributed by atoms with E-state index in [2.05, 4.69) is 22.1 Å². The number of carbonyl (C=O) groups is 1. The number of benzene rings is 1. The van der Waals surface area contributed by atoms with E-state index in [-0.39, 0.29) is 5.91 Å². The quantitative estimate of drug-likeness (QED) is 0.865. The number of hydrogen-bond acceptors (Lipinski definition) is 4. The first kappa shape index (κ1) is 14.3. The van der Waals surface area contributed by atoms with Gasteiger partial charge >= 0.3 is 0 Å². The van der Waals surface area contributed by atoms with E-state index >= 15 is 0 Å². The van der Waals surface area contributed by atoms with Gasteiger partial charge in [-0.15, -0.1) is 0 Å². The van der Waals surface area contributed by atoms with Crippen LogP contribution in [0, 0.1) is 0 Å². The summed E-state index contributed by atoms with van der Waals surface area (Å²) in [5.74, 6) is 0.249. The topological polar surface area (TPSA) is 71.2 Å². The molecule has 0 saturated heterocycles. The molecule has 0 fully saturated rings. The zero-order valence-corrected chi connectivity index (χ0v) is 11.9. The highest BCUT2D eigenvalue weighted by molar-refractivity contribution is 6.06. The van der Waals surface area contributed by atoms with Crippen molar-refractivity contribution in [3.05, 3.63) is 35.9 Å². The Bertz CT molecular complexity index is 612. The number of amides is 1. The average molecular weight is 272 g/mol. The Balaban J connectivity index is 2.17. The van der Waals surface area contributed by atoms with Crippen LogP contribution in [0.1, 0.15) is 17.3 Å². The SMILES string of the molecule is CCN(C)CCNC(=O)c1cc(N)nc2ccccc12. The molecule has 5 nitrogen and oxygen atoms in total. The van der Waals surface area contributed by atoms with Crippen LogP contribution in [0.15, 0.2) is 30.3 Å². The summed E-state index contributed by atoms with van der Waals surface area (Å²) in [4.78, 5) is 18.6. The number of carbonyl (C=O) groups excluding carboxylic acids is 1. The molecule has 1 heterocycles. The molecular formula is C15H20N4O. The first-order valence-corrected chi connectivity index (χ1v) is 6.74. The van der Waals surface area contributed by atoms with Gasteiger partial charge in [0.2, 0.25) is 0 Å². The Morgan fingerprint density at radius 2 is 2.15 bits per heavy atom. The molecule has 0 bridgehead atoms. The van der Waals surface area contributed by atoms with Crippen molar-refractivity contribution in [2.24, 2.45) is 0 Å². The highest BCUT2D eigenvalue weighted by atomic mass is 16.1. The largest absolute Gasteiger partial charge is 0.384 e. The molecule has 5 heteroatoms. The molecule has 106 valence electrons. The highest BCUT2D eigenvalue weighted by Crippen LogP contribution is 2.19. The van der Waals surface area contributed by atoms with Crippen LogP contribution in [0.5, 0.6) is 0 Å². The number of pyridine rings is 1. The summed E-state index contributed by atoms with van der Waals surface area (Å²) in [5, 5.41) is 3.74. The molecule has 0 aliphatic carbocycles. The van der Waals surface area contributed by atoms with E-state index in [0.717, 1.165) is 24.0 Å². The van der Waals surface area contributed by atoms with Crippen LogP contribution in [0.3, 0.4) is 0 Å². The van der Waals surface area contributed by atoms with Crippen molar-refractivity contribution >= 4 is 22.6 Å². The maximum Gasteiger partial charge on any atom is 0.252 e. The van der Waals surface area contributed by atoms with Gasteiger partial charge in [-0.25, -0.2) is 4.98 Å². The molecular weight excluding hydrogens is 252 g/mol. The predicted octanol–water partition coefficient (Wildman–Crippen LogP) is 1.50. The number of fused-ring (bicyclic) bond motifs is 1. The Hall–Kier alpha value is -2.14. The van der Waals surface area contributed by atoms with E-state index in [1.54, 1.807) is 6.07 Å². The molecule has 0 radical (unpaired) electrons. The Morgan fingerprint density at radius 3 is 2.90 bits per heavy atom. The number of hydrogen-bond donors (Lipinski definition) is 2. The van der Waals surface area contributed by atoms with Crippen molar-refractivity contribution in [1.82, 2.24) is 15.2 Å². The summed E-state index contributed by atoms with van der Waals surface area (Å²) in [7, 11) is 2.02. The molecule has 0 aliphatic rings. The molecule has 0 spiro atoms. The lowest BCUT2D eigenvalue weighted by Crippen LogP contribution is -2.33. The van der Waals surface area contributed by atoms with Crippen LogP contribution in [0.25, 0.3) is 10.9 Å². The van der Waals surface area contributed by atoms with E-state index in [9.17, 15) is 4.79 Å². The van der Waals surface area contributed by atoms with Crippen LogP contribution in [0.4, 0.5) is 5.82 Å². The molecule has 0 aliphatic heterocycles. The fourth-order valence-corrected chi connectivity index (χ4v) is 2.00. The summed E-state index contributed by atoms with van der Waals surface area (Å²) >= 11 is 0. The van der Waals surface area contributed by atoms with Crippen molar-refractivity contribution in [2.75, 3.05) is 32.4 Å². The van der Waals surface area contributed by atoms with E-state index in [1.807, 2.05) is 31.3 Å². The van der Waals surface area contributed by atoms with Gasteiger partial charge in [-0.1, -0.05) is 25.1 Å². The Morgan fingerprint density at radius 1 is 1.40 bits per heavy atom. The number of likely N-dealkylation sites (N-methyl/N-ethyl adjacent to an activating group) is 1. The third-order valence-corrected chi connectivity index (χ3v) is 3.30. The number of nitrogens with one attached hydrogen (secondary N) is 1. The minimum absolute atomic E-state index is 0.111. The van der Waals surface area contributed by atoms with E-state index < -0.39 is 0 Å². The summed E-state index contributed by atoms with van der Waals surface area (Å²) < 4.78 is 0. The maximum atomic E-state index is 12.3. The lowest BCUT2D eigenvalue weighted by atomic mass is 10.1. The van der Waals surface area contributed by atoms with Crippen molar-refractivity contribution in [3.8, 4) is 0 Å². The molecule has 0 unspecified atom stereocenters. The van der Waals surface area contributed by atoms with Crippen molar-refractivity contribution in [3.63, 3.8) is 0 Å². The third kappa shape index (κ3) is 3.24. The van der Waals surface area contributed by atoms with Crippen LogP contribution >= 0.6 is 0 Å². The standard InChI is InChI=1S/C15H20N4O/c1-3-19(2)9-8-17-15(20)12-10-14(16)18-13-7-5-4-6-11(12)13/h4-7,10H,3,8-9H2,1-2H3,(H2,16,18)(H,17,20). The molecule has 1 aromatic heterocycles. The number of anilines is 1. The van der Waals surface area contributed by atoms with Gasteiger partial charge in [0.25, 0.3) is 5.91 Å². The number of nitrogen functional groups attached to an aromatic ring is 1. The van der Waals surface area contributed by atoms with Crippen molar-refractivity contribution < 1.29 is 4.79 Å². The van der Waals surface area contributed by atoms with Gasteiger partial charge in [0.1, 0.15) is 5.82 Å². The second-order valence-electron chi connectivity index (χ2n) is 4.76. The van der Waals surface area contributed by atoms with Crippen LogP contribution in [0.2, 0.25) is 0 Å². The lowest BCUT2D eigenvalue weighted by Gasteiger charge is -2.14. The molecule has 2 rings (SSSR count). The van der Waals surface area contributed by atoms with E-state index in [4.69, 9.17) is 5.73 Å². The normalized spacial score (nSPS) is 10.9. The zero-order valence-electron chi connectivity index (χ0n) is 11.9. The second-order valence-corrected chi connectivity index (χ2v) is 4.76. The fourth-order valence-electron chi connectivity index (χ4n) is 2.00. The fraction of sp³-hybridized carbons (Fsp3) is 0.333. The number of aromatic nitrogens is 1. The predicted molar refractivity (Wildman–Crippen MR) is 81.7 cm³/mol. The maximum absolute atomic E-state index is 12.3. The van der Waals surface area contributed by atoms with Gasteiger partial charge in [-0.2, -0.15) is 0 Å². The first-order chi connectivity index (χ1) is 9.61. The number of nitrogens with two attached hydrogens (primary N) is 1. The molecule has 0 saturated carbocycles. The minimum atomic E-state index is -0.111. The molecule has 3 N–H and O–H groups in total. The smallest absolute Gasteiger partial charge is 0.252 e. The second kappa shape index (κ2) is 6.34. The van der Waals surface area contributed by atoms with Gasteiger partial charge in [-0.05, 0) is 25.7 Å². The van der Waals surface area contributed by atoms with Gasteiger partial charge in [0, 0.05) is 18.5 Å². The number of nitrogens with zero attached hydrogens (tertiary/aromatic N) is 2. The van der Waals surface area contributed by atoms with Crippen LogP contribution in [-0.4, -0.2) is 42.5 Å². The van der Waals surface area contributed by atoms with Crippen molar-refractivity contribution in [1.29, 1.82) is 0 Å². The monoisotopic (exact) mass is 272 g/mol. The summed E-state index contributed by atoms with van der Waals surface area (Å²) in [5.41, 5.74) is 7.08.